The molecule has 31 heavy (non-hydrogen) atoms. The number of rotatable bonds is 13. The number of benzene rings is 3. The molecule has 0 spiro atoms. The van der Waals surface area contributed by atoms with Gasteiger partial charge in [0.2, 0.25) is 0 Å². The van der Waals surface area contributed by atoms with Crippen molar-refractivity contribution in [2.24, 2.45) is 0 Å². The van der Waals surface area contributed by atoms with E-state index in [1.165, 1.54) is 57.8 Å². The predicted octanol–water partition coefficient (Wildman–Crippen LogP) is 8.17. The molecule has 0 atom stereocenters. The summed E-state index contributed by atoms with van der Waals surface area (Å²) in [6.45, 7) is 2.95. The zero-order chi connectivity index (χ0) is 21.9. The molecule has 0 bridgehead atoms. The third-order valence-electron chi connectivity index (χ3n) is 6.02. The summed E-state index contributed by atoms with van der Waals surface area (Å²) in [5, 5.41) is 13.7. The molecular weight excluding hydrogens is 382 g/mol. The van der Waals surface area contributed by atoms with Crippen LogP contribution in [0.3, 0.4) is 0 Å². The SMILES string of the molecule is CCCCCCCCCCCCOc1cc(OC)cc2c1cc(C#N)c1ccccc12. The van der Waals surface area contributed by atoms with Gasteiger partial charge in [-0.1, -0.05) is 89.0 Å². The topological polar surface area (TPSA) is 42.2 Å². The Morgan fingerprint density at radius 2 is 1.39 bits per heavy atom. The predicted molar refractivity (Wildman–Crippen MR) is 130 cm³/mol. The molecular formula is C28H35NO2. The molecule has 0 heterocycles. The first-order valence-corrected chi connectivity index (χ1v) is 11.8. The molecule has 0 amide bonds. The molecule has 0 fully saturated rings. The van der Waals surface area contributed by atoms with Crippen molar-refractivity contribution in [2.75, 3.05) is 13.7 Å². The second-order valence-electron chi connectivity index (χ2n) is 8.33. The van der Waals surface area contributed by atoms with Crippen molar-refractivity contribution in [3.8, 4) is 17.6 Å². The summed E-state index contributed by atoms with van der Waals surface area (Å²) in [6.07, 6.45) is 13.1. The van der Waals surface area contributed by atoms with Gasteiger partial charge in [0.05, 0.1) is 25.3 Å². The van der Waals surface area contributed by atoms with Crippen molar-refractivity contribution < 1.29 is 9.47 Å². The lowest BCUT2D eigenvalue weighted by Crippen LogP contribution is -1.99. The van der Waals surface area contributed by atoms with Gasteiger partial charge in [-0.25, -0.2) is 0 Å². The van der Waals surface area contributed by atoms with Crippen LogP contribution in [0.15, 0.2) is 42.5 Å². The van der Waals surface area contributed by atoms with Crippen LogP contribution in [0.5, 0.6) is 11.5 Å². The van der Waals surface area contributed by atoms with Crippen LogP contribution >= 0.6 is 0 Å². The summed E-state index contributed by atoms with van der Waals surface area (Å²) in [5.41, 5.74) is 0.678. The highest BCUT2D eigenvalue weighted by molar-refractivity contribution is 6.12. The number of nitriles is 1. The van der Waals surface area contributed by atoms with Crippen LogP contribution in [-0.4, -0.2) is 13.7 Å². The summed E-state index contributed by atoms with van der Waals surface area (Å²) in [4.78, 5) is 0. The Balaban J connectivity index is 1.61. The number of hydrogen-bond donors (Lipinski definition) is 0. The lowest BCUT2D eigenvalue weighted by atomic mass is 9.97. The van der Waals surface area contributed by atoms with Crippen LogP contribution in [0, 0.1) is 11.3 Å². The van der Waals surface area contributed by atoms with E-state index in [0.29, 0.717) is 12.2 Å². The van der Waals surface area contributed by atoms with E-state index >= 15 is 0 Å². The van der Waals surface area contributed by atoms with Gasteiger partial charge in [-0.2, -0.15) is 5.26 Å². The summed E-state index contributed by atoms with van der Waals surface area (Å²) >= 11 is 0. The highest BCUT2D eigenvalue weighted by Crippen LogP contribution is 2.37. The van der Waals surface area contributed by atoms with Crippen molar-refractivity contribution in [1.82, 2.24) is 0 Å². The molecule has 3 aromatic carbocycles. The fourth-order valence-electron chi connectivity index (χ4n) is 4.25. The van der Waals surface area contributed by atoms with E-state index in [2.05, 4.69) is 19.1 Å². The molecule has 0 aromatic heterocycles. The van der Waals surface area contributed by atoms with Gasteiger partial charge < -0.3 is 9.47 Å². The van der Waals surface area contributed by atoms with Gasteiger partial charge in [-0.15, -0.1) is 0 Å². The second-order valence-corrected chi connectivity index (χ2v) is 8.33. The van der Waals surface area contributed by atoms with Crippen molar-refractivity contribution in [1.29, 1.82) is 5.26 Å². The number of ether oxygens (including phenoxy) is 2. The molecule has 3 nitrogen and oxygen atoms in total. The van der Waals surface area contributed by atoms with Crippen LogP contribution in [0.25, 0.3) is 21.5 Å². The fourth-order valence-corrected chi connectivity index (χ4v) is 4.25. The number of hydrogen-bond acceptors (Lipinski definition) is 3. The van der Waals surface area contributed by atoms with Gasteiger partial charge in [-0.3, -0.25) is 0 Å². The molecule has 3 aromatic rings. The molecule has 0 N–H and O–H groups in total. The van der Waals surface area contributed by atoms with E-state index in [-0.39, 0.29) is 0 Å². The van der Waals surface area contributed by atoms with E-state index < -0.39 is 0 Å². The summed E-state index contributed by atoms with van der Waals surface area (Å²) in [7, 11) is 1.68. The van der Waals surface area contributed by atoms with Gasteiger partial charge in [-0.05, 0) is 29.3 Å². The first-order valence-electron chi connectivity index (χ1n) is 11.8. The molecule has 0 aliphatic heterocycles. The summed E-state index contributed by atoms with van der Waals surface area (Å²) in [5.74, 6) is 1.58. The first kappa shape index (κ1) is 22.9. The van der Waals surface area contributed by atoms with E-state index in [9.17, 15) is 5.26 Å². The minimum absolute atomic E-state index is 0.678. The standard InChI is InChI=1S/C28H35NO2/c1-3-4-5-6-7-8-9-10-11-14-17-31-28-20-23(30-2)19-26-25-16-13-12-15-24(25)22(21-29)18-27(26)28/h12-13,15-16,18-20H,3-11,14,17H2,1-2H3. The Morgan fingerprint density at radius 1 is 0.742 bits per heavy atom. The average molecular weight is 418 g/mol. The number of fused-ring (bicyclic) bond motifs is 3. The largest absolute Gasteiger partial charge is 0.497 e. The zero-order valence-electron chi connectivity index (χ0n) is 19.1. The van der Waals surface area contributed by atoms with Gasteiger partial charge in [0.25, 0.3) is 0 Å². The number of nitrogens with zero attached hydrogens (tertiary/aromatic N) is 1. The van der Waals surface area contributed by atoms with Gasteiger partial charge >= 0.3 is 0 Å². The molecule has 0 radical (unpaired) electrons. The molecule has 0 aliphatic carbocycles. The van der Waals surface area contributed by atoms with Crippen molar-refractivity contribution in [3.63, 3.8) is 0 Å². The highest BCUT2D eigenvalue weighted by atomic mass is 16.5. The van der Waals surface area contributed by atoms with Crippen LogP contribution in [-0.2, 0) is 0 Å². The minimum Gasteiger partial charge on any atom is -0.497 e. The first-order chi connectivity index (χ1) is 15.3. The molecule has 3 heteroatoms. The van der Waals surface area contributed by atoms with E-state index in [4.69, 9.17) is 9.47 Å². The quantitative estimate of drug-likeness (QED) is 0.208. The molecule has 0 aliphatic rings. The van der Waals surface area contributed by atoms with Crippen molar-refractivity contribution >= 4 is 21.5 Å². The van der Waals surface area contributed by atoms with Gasteiger partial charge in [0, 0.05) is 16.8 Å². The fraction of sp³-hybridized carbons (Fsp3) is 0.464. The summed E-state index contributed by atoms with van der Waals surface area (Å²) in [6, 6.07) is 16.3. The molecule has 0 saturated carbocycles. The maximum Gasteiger partial charge on any atom is 0.130 e. The summed E-state index contributed by atoms with van der Waals surface area (Å²) < 4.78 is 11.7. The Labute approximate surface area is 187 Å². The third kappa shape index (κ3) is 6.14. The smallest absolute Gasteiger partial charge is 0.130 e. The monoisotopic (exact) mass is 417 g/mol. The molecule has 164 valence electrons. The van der Waals surface area contributed by atoms with Gasteiger partial charge in [0.1, 0.15) is 11.5 Å². The van der Waals surface area contributed by atoms with Crippen LogP contribution in [0.4, 0.5) is 0 Å². The normalized spacial score (nSPS) is 11.0. The Hall–Kier alpha value is -2.73. The molecule has 3 rings (SSSR count). The minimum atomic E-state index is 0.678. The van der Waals surface area contributed by atoms with Crippen molar-refractivity contribution in [2.45, 2.75) is 71.1 Å². The lowest BCUT2D eigenvalue weighted by Gasteiger charge is -2.14. The average Bonchev–Trinajstić information content (AvgIpc) is 2.81. The highest BCUT2D eigenvalue weighted by Gasteiger charge is 2.12. The maximum atomic E-state index is 9.65. The third-order valence-corrected chi connectivity index (χ3v) is 6.02. The molecule has 0 saturated heterocycles. The Morgan fingerprint density at radius 3 is 2.03 bits per heavy atom. The number of methoxy groups -OCH3 is 1. The lowest BCUT2D eigenvalue weighted by molar-refractivity contribution is 0.305. The van der Waals surface area contributed by atoms with Crippen LogP contribution in [0.1, 0.15) is 76.7 Å². The van der Waals surface area contributed by atoms with E-state index in [1.807, 2.05) is 36.4 Å². The number of unbranched alkanes of at least 4 members (excludes halogenated alkanes) is 9. The van der Waals surface area contributed by atoms with Crippen LogP contribution < -0.4 is 9.47 Å². The Kier molecular flexibility index (Phi) is 9.03. The van der Waals surface area contributed by atoms with Crippen LogP contribution in [0.2, 0.25) is 0 Å². The van der Waals surface area contributed by atoms with E-state index in [0.717, 1.165) is 39.5 Å². The zero-order valence-corrected chi connectivity index (χ0v) is 19.1. The second kappa shape index (κ2) is 12.2. The van der Waals surface area contributed by atoms with Crippen molar-refractivity contribution in [3.05, 3.63) is 48.0 Å². The molecule has 0 unspecified atom stereocenters. The van der Waals surface area contributed by atoms with Gasteiger partial charge in [0.15, 0.2) is 0 Å². The van der Waals surface area contributed by atoms with E-state index in [1.54, 1.807) is 7.11 Å². The Bertz CT molecular complexity index is 1020. The maximum absolute atomic E-state index is 9.65.